The highest BCUT2D eigenvalue weighted by molar-refractivity contribution is 7.91. The van der Waals surface area contributed by atoms with Gasteiger partial charge in [-0.05, 0) is 0 Å². The lowest BCUT2D eigenvalue weighted by Crippen LogP contribution is -2.46. The molecule has 0 amide bonds. The van der Waals surface area contributed by atoms with E-state index >= 15 is 0 Å². The van der Waals surface area contributed by atoms with Crippen LogP contribution < -0.4 is 0 Å². The zero-order chi connectivity index (χ0) is 14.8. The zero-order valence-electron chi connectivity index (χ0n) is 12.0. The summed E-state index contributed by atoms with van der Waals surface area (Å²) in [5, 5.41) is 0. The Morgan fingerprint density at radius 1 is 1.15 bits per heavy atom. The number of ketones is 1. The molecule has 20 heavy (non-hydrogen) atoms. The average Bonchev–Trinajstić information content (AvgIpc) is 2.41. The van der Waals surface area contributed by atoms with Crippen molar-refractivity contribution in [2.45, 2.75) is 13.8 Å². The number of hydrogen-bond acceptors (Lipinski definition) is 4. The molecule has 0 saturated carbocycles. The molecule has 0 spiro atoms. The number of benzene rings is 1. The van der Waals surface area contributed by atoms with Gasteiger partial charge in [-0.2, -0.15) is 0 Å². The van der Waals surface area contributed by atoms with E-state index < -0.39 is 15.3 Å². The number of Topliss-reactive ketones (excluding diaryl/α,β-unsaturated/α-hetero) is 1. The molecule has 1 aliphatic heterocycles. The van der Waals surface area contributed by atoms with Gasteiger partial charge >= 0.3 is 0 Å². The van der Waals surface area contributed by atoms with Crippen LogP contribution in [0.2, 0.25) is 0 Å². The summed E-state index contributed by atoms with van der Waals surface area (Å²) in [4.78, 5) is 14.6. The Morgan fingerprint density at radius 3 is 2.25 bits per heavy atom. The van der Waals surface area contributed by atoms with Crippen molar-refractivity contribution in [3.05, 3.63) is 35.9 Å². The first-order valence-corrected chi connectivity index (χ1v) is 8.65. The maximum atomic E-state index is 12.5. The Morgan fingerprint density at radius 2 is 1.70 bits per heavy atom. The molecule has 5 heteroatoms. The van der Waals surface area contributed by atoms with Crippen molar-refractivity contribution in [1.82, 2.24) is 4.90 Å². The summed E-state index contributed by atoms with van der Waals surface area (Å²) in [6.45, 7) is 5.48. The summed E-state index contributed by atoms with van der Waals surface area (Å²) in [6.07, 6.45) is 0. The fourth-order valence-corrected chi connectivity index (χ4v) is 3.80. The van der Waals surface area contributed by atoms with Crippen LogP contribution >= 0.6 is 0 Å². The second-order valence-corrected chi connectivity index (χ2v) is 8.31. The lowest BCUT2D eigenvalue weighted by atomic mass is 9.83. The Labute approximate surface area is 120 Å². The molecule has 1 saturated heterocycles. The molecule has 0 unspecified atom stereocenters. The summed E-state index contributed by atoms with van der Waals surface area (Å²) in [5.41, 5.74) is 0.199. The highest BCUT2D eigenvalue weighted by atomic mass is 32.2. The number of carbonyl (C=O) groups excluding carboxylic acids is 1. The van der Waals surface area contributed by atoms with Gasteiger partial charge in [0, 0.05) is 30.6 Å². The van der Waals surface area contributed by atoms with Gasteiger partial charge in [-0.15, -0.1) is 0 Å². The molecular weight excluding hydrogens is 274 g/mol. The first-order chi connectivity index (χ1) is 9.30. The summed E-state index contributed by atoms with van der Waals surface area (Å²) in [6, 6.07) is 9.25. The molecule has 1 aromatic carbocycles. The first kappa shape index (κ1) is 15.2. The van der Waals surface area contributed by atoms with Crippen LogP contribution in [0.15, 0.2) is 30.3 Å². The van der Waals surface area contributed by atoms with Gasteiger partial charge in [0.15, 0.2) is 15.6 Å². The number of hydrogen-bond donors (Lipinski definition) is 0. The maximum Gasteiger partial charge on any atom is 0.169 e. The van der Waals surface area contributed by atoms with Gasteiger partial charge in [-0.1, -0.05) is 44.2 Å². The van der Waals surface area contributed by atoms with Crippen LogP contribution in [0.25, 0.3) is 0 Å². The van der Waals surface area contributed by atoms with Crippen molar-refractivity contribution >= 4 is 15.6 Å². The minimum Gasteiger partial charge on any atom is -0.300 e. The summed E-state index contributed by atoms with van der Waals surface area (Å²) < 4.78 is 22.8. The van der Waals surface area contributed by atoms with Crippen molar-refractivity contribution < 1.29 is 13.2 Å². The van der Waals surface area contributed by atoms with E-state index in [0.29, 0.717) is 25.2 Å². The average molecular weight is 295 g/mol. The Hall–Kier alpha value is -1.20. The van der Waals surface area contributed by atoms with Gasteiger partial charge in [0.1, 0.15) is 0 Å². The molecule has 0 radical (unpaired) electrons. The topological polar surface area (TPSA) is 54.5 Å². The molecule has 0 aliphatic carbocycles. The first-order valence-electron chi connectivity index (χ1n) is 6.83. The Kier molecular flexibility index (Phi) is 4.30. The van der Waals surface area contributed by atoms with Crippen LogP contribution in [-0.2, 0) is 9.84 Å². The summed E-state index contributed by atoms with van der Waals surface area (Å²) in [7, 11) is -2.87. The highest BCUT2D eigenvalue weighted by Crippen LogP contribution is 2.24. The maximum absolute atomic E-state index is 12.5. The molecular formula is C15H21NO3S. The van der Waals surface area contributed by atoms with Gasteiger partial charge in [-0.3, -0.25) is 4.79 Å². The molecule has 0 aromatic heterocycles. The van der Waals surface area contributed by atoms with Crippen LogP contribution in [-0.4, -0.2) is 50.2 Å². The summed E-state index contributed by atoms with van der Waals surface area (Å²) >= 11 is 0. The number of rotatable bonds is 4. The molecule has 0 atom stereocenters. The van der Waals surface area contributed by atoms with E-state index in [-0.39, 0.29) is 17.3 Å². The Bertz CT molecular complexity index is 564. The van der Waals surface area contributed by atoms with E-state index in [1.807, 2.05) is 44.2 Å². The van der Waals surface area contributed by atoms with Gasteiger partial charge in [0.2, 0.25) is 0 Å². The molecule has 1 aromatic rings. The predicted molar refractivity (Wildman–Crippen MR) is 79.6 cm³/mol. The number of sulfone groups is 1. The van der Waals surface area contributed by atoms with E-state index in [4.69, 9.17) is 0 Å². The highest BCUT2D eigenvalue weighted by Gasteiger charge is 2.32. The van der Waals surface area contributed by atoms with E-state index in [1.165, 1.54) is 0 Å². The zero-order valence-corrected chi connectivity index (χ0v) is 12.8. The third kappa shape index (κ3) is 3.67. The largest absolute Gasteiger partial charge is 0.300 e. The smallest absolute Gasteiger partial charge is 0.169 e. The normalized spacial score (nSPS) is 19.7. The third-order valence-corrected chi connectivity index (χ3v) is 5.32. The molecule has 0 bridgehead atoms. The van der Waals surface area contributed by atoms with Crippen molar-refractivity contribution in [1.29, 1.82) is 0 Å². The SMILES string of the molecule is CC(C)(CN1CCS(=O)(=O)CC1)C(=O)c1ccccc1. The molecule has 110 valence electrons. The van der Waals surface area contributed by atoms with Crippen molar-refractivity contribution in [3.63, 3.8) is 0 Å². The number of nitrogens with zero attached hydrogens (tertiary/aromatic N) is 1. The molecule has 1 heterocycles. The van der Waals surface area contributed by atoms with Crippen LogP contribution in [0.3, 0.4) is 0 Å². The lowest BCUT2D eigenvalue weighted by molar-refractivity contribution is 0.0771. The number of carbonyl (C=O) groups is 1. The lowest BCUT2D eigenvalue weighted by Gasteiger charge is -2.33. The molecule has 1 aliphatic rings. The molecule has 1 fully saturated rings. The van der Waals surface area contributed by atoms with Crippen molar-refractivity contribution in [3.8, 4) is 0 Å². The van der Waals surface area contributed by atoms with E-state index in [9.17, 15) is 13.2 Å². The van der Waals surface area contributed by atoms with Gasteiger partial charge < -0.3 is 4.90 Å². The second-order valence-electron chi connectivity index (χ2n) is 6.01. The van der Waals surface area contributed by atoms with Gasteiger partial charge in [0.25, 0.3) is 0 Å². The summed E-state index contributed by atoms with van der Waals surface area (Å²) in [5.74, 6) is 0.497. The molecule has 4 nitrogen and oxygen atoms in total. The van der Waals surface area contributed by atoms with Crippen molar-refractivity contribution in [2.24, 2.45) is 5.41 Å². The van der Waals surface area contributed by atoms with Crippen molar-refractivity contribution in [2.75, 3.05) is 31.1 Å². The van der Waals surface area contributed by atoms with Gasteiger partial charge in [-0.25, -0.2) is 8.42 Å². The fourth-order valence-electron chi connectivity index (χ4n) is 2.52. The molecule has 0 N–H and O–H groups in total. The molecule has 2 rings (SSSR count). The second kappa shape index (κ2) is 5.66. The predicted octanol–water partition coefficient (Wildman–Crippen LogP) is 1.63. The van der Waals surface area contributed by atoms with Crippen LogP contribution in [0, 0.1) is 5.41 Å². The minimum absolute atomic E-state index is 0.103. The third-order valence-electron chi connectivity index (χ3n) is 3.71. The van der Waals surface area contributed by atoms with E-state index in [1.54, 1.807) is 0 Å². The van der Waals surface area contributed by atoms with E-state index in [0.717, 1.165) is 0 Å². The fraction of sp³-hybridized carbons (Fsp3) is 0.533. The quantitative estimate of drug-likeness (QED) is 0.792. The van der Waals surface area contributed by atoms with Crippen LogP contribution in [0.1, 0.15) is 24.2 Å². The standard InChI is InChI=1S/C15H21NO3S/c1-15(2,14(17)13-6-4-3-5-7-13)12-16-8-10-20(18,19)11-9-16/h3-7H,8-12H2,1-2H3. The van der Waals surface area contributed by atoms with Crippen LogP contribution in [0.4, 0.5) is 0 Å². The Balaban J connectivity index is 2.03. The minimum atomic E-state index is -2.87. The van der Waals surface area contributed by atoms with Gasteiger partial charge in [0.05, 0.1) is 11.5 Å². The van der Waals surface area contributed by atoms with Crippen LogP contribution in [0.5, 0.6) is 0 Å². The monoisotopic (exact) mass is 295 g/mol. The van der Waals surface area contributed by atoms with E-state index in [2.05, 4.69) is 4.90 Å².